The number of carbonyl (C=O) groups is 1. The lowest BCUT2D eigenvalue weighted by molar-refractivity contribution is -0.384. The molecule has 7 nitrogen and oxygen atoms in total. The van der Waals surface area contributed by atoms with Gasteiger partial charge in [0.05, 0.1) is 4.92 Å². The minimum absolute atomic E-state index is 0.00620. The number of non-ortho nitro benzene ring substituents is 1. The third kappa shape index (κ3) is 4.29. The van der Waals surface area contributed by atoms with Crippen molar-refractivity contribution in [2.45, 2.75) is 38.6 Å². The van der Waals surface area contributed by atoms with Crippen LogP contribution in [0.1, 0.15) is 38.3 Å². The average Bonchev–Trinajstić information content (AvgIpc) is 3.16. The fourth-order valence-corrected chi connectivity index (χ4v) is 3.56. The first-order valence-electron chi connectivity index (χ1n) is 9.34. The smallest absolute Gasteiger partial charge is 0.269 e. The number of hydrogen-bond donors (Lipinski definition) is 1. The van der Waals surface area contributed by atoms with Crippen LogP contribution >= 0.6 is 0 Å². The SMILES string of the molecule is CC1CCCCC1NC(=O)/C(C#N)=C/c1cccn1-c1ccc([N+](=O)[O-])cc1. The van der Waals surface area contributed by atoms with E-state index in [1.165, 1.54) is 18.6 Å². The summed E-state index contributed by atoms with van der Waals surface area (Å²) < 4.78 is 1.78. The quantitative estimate of drug-likeness (QED) is 0.368. The van der Waals surface area contributed by atoms with E-state index in [0.717, 1.165) is 19.3 Å². The summed E-state index contributed by atoms with van der Waals surface area (Å²) in [4.78, 5) is 23.0. The van der Waals surface area contributed by atoms with Gasteiger partial charge in [-0.3, -0.25) is 14.9 Å². The van der Waals surface area contributed by atoms with Gasteiger partial charge >= 0.3 is 0 Å². The second-order valence-corrected chi connectivity index (χ2v) is 7.09. The lowest BCUT2D eigenvalue weighted by atomic mass is 9.86. The van der Waals surface area contributed by atoms with E-state index in [1.807, 2.05) is 6.07 Å². The van der Waals surface area contributed by atoms with E-state index in [-0.39, 0.29) is 23.2 Å². The summed E-state index contributed by atoms with van der Waals surface area (Å²) in [5.74, 6) is 0.0410. The van der Waals surface area contributed by atoms with Gasteiger partial charge in [0.2, 0.25) is 0 Å². The van der Waals surface area contributed by atoms with Crippen LogP contribution in [0.15, 0.2) is 48.2 Å². The zero-order valence-corrected chi connectivity index (χ0v) is 15.7. The molecule has 0 saturated heterocycles. The van der Waals surface area contributed by atoms with E-state index in [9.17, 15) is 20.2 Å². The lowest BCUT2D eigenvalue weighted by Crippen LogP contribution is -2.41. The van der Waals surface area contributed by atoms with Gasteiger partial charge < -0.3 is 9.88 Å². The second-order valence-electron chi connectivity index (χ2n) is 7.09. The van der Waals surface area contributed by atoms with Crippen molar-refractivity contribution in [3.05, 3.63) is 64.0 Å². The van der Waals surface area contributed by atoms with Gasteiger partial charge in [0, 0.05) is 35.8 Å². The molecule has 1 amide bonds. The Balaban J connectivity index is 1.82. The van der Waals surface area contributed by atoms with Crippen LogP contribution in [0.25, 0.3) is 11.8 Å². The van der Waals surface area contributed by atoms with Crippen molar-refractivity contribution >= 4 is 17.7 Å². The molecular formula is C21H22N4O3. The average molecular weight is 378 g/mol. The predicted molar refractivity (Wildman–Crippen MR) is 106 cm³/mol. The molecule has 1 heterocycles. The molecule has 0 radical (unpaired) electrons. The Kier molecular flexibility index (Phi) is 5.90. The third-order valence-corrected chi connectivity index (χ3v) is 5.20. The summed E-state index contributed by atoms with van der Waals surface area (Å²) in [6.45, 7) is 2.12. The Bertz CT molecular complexity index is 937. The van der Waals surface area contributed by atoms with Gasteiger partial charge in [-0.15, -0.1) is 0 Å². The third-order valence-electron chi connectivity index (χ3n) is 5.20. The number of nitro benzene ring substituents is 1. The molecule has 0 bridgehead atoms. The van der Waals surface area contributed by atoms with Crippen molar-refractivity contribution in [1.29, 1.82) is 5.26 Å². The summed E-state index contributed by atoms with van der Waals surface area (Å²) >= 11 is 0. The number of rotatable bonds is 5. The van der Waals surface area contributed by atoms with Crippen LogP contribution in [0, 0.1) is 27.4 Å². The van der Waals surface area contributed by atoms with E-state index < -0.39 is 4.92 Å². The second kappa shape index (κ2) is 8.53. The van der Waals surface area contributed by atoms with E-state index in [2.05, 4.69) is 12.2 Å². The van der Waals surface area contributed by atoms with Crippen LogP contribution in [-0.2, 0) is 4.79 Å². The van der Waals surface area contributed by atoms with Crippen LogP contribution in [0.3, 0.4) is 0 Å². The molecule has 1 fully saturated rings. The number of nitrogens with one attached hydrogen (secondary N) is 1. The summed E-state index contributed by atoms with van der Waals surface area (Å²) in [5.41, 5.74) is 1.41. The van der Waals surface area contributed by atoms with E-state index in [1.54, 1.807) is 41.1 Å². The summed E-state index contributed by atoms with van der Waals surface area (Å²) in [6.07, 6.45) is 7.61. The molecule has 7 heteroatoms. The van der Waals surface area contributed by atoms with E-state index in [0.29, 0.717) is 17.3 Å². The van der Waals surface area contributed by atoms with Gasteiger partial charge in [0.25, 0.3) is 11.6 Å². The number of carbonyl (C=O) groups excluding carboxylic acids is 1. The zero-order chi connectivity index (χ0) is 20.1. The highest BCUT2D eigenvalue weighted by atomic mass is 16.6. The Morgan fingerprint density at radius 1 is 1.29 bits per heavy atom. The standard InChI is InChI=1S/C21H22N4O3/c1-15-5-2-3-7-20(15)23-21(26)16(14-22)13-19-6-4-12-24(19)17-8-10-18(11-9-17)25(27)28/h4,6,8-13,15,20H,2-3,5,7H2,1H3,(H,23,26)/b16-13+. The molecule has 1 saturated carbocycles. The molecule has 1 aliphatic carbocycles. The molecule has 2 unspecified atom stereocenters. The topological polar surface area (TPSA) is 101 Å². The Morgan fingerprint density at radius 3 is 2.64 bits per heavy atom. The Morgan fingerprint density at radius 2 is 2.00 bits per heavy atom. The van der Waals surface area contributed by atoms with Gasteiger partial charge in [-0.2, -0.15) is 5.26 Å². The van der Waals surface area contributed by atoms with Gasteiger partial charge in [0.1, 0.15) is 11.6 Å². The highest BCUT2D eigenvalue weighted by Crippen LogP contribution is 2.24. The molecule has 1 N–H and O–H groups in total. The molecule has 0 aliphatic heterocycles. The maximum Gasteiger partial charge on any atom is 0.269 e. The van der Waals surface area contributed by atoms with Crippen molar-refractivity contribution < 1.29 is 9.72 Å². The molecule has 1 aromatic carbocycles. The number of nitrogens with zero attached hydrogens (tertiary/aromatic N) is 3. The molecule has 0 spiro atoms. The maximum atomic E-state index is 12.6. The first-order valence-corrected chi connectivity index (χ1v) is 9.34. The van der Waals surface area contributed by atoms with Gasteiger partial charge in [-0.25, -0.2) is 0 Å². The number of nitro groups is 1. The van der Waals surface area contributed by atoms with E-state index in [4.69, 9.17) is 0 Å². The van der Waals surface area contributed by atoms with E-state index >= 15 is 0 Å². The molecule has 3 rings (SSSR count). The van der Waals surface area contributed by atoms with Gasteiger partial charge in [-0.05, 0) is 49.1 Å². The fraction of sp³-hybridized carbons (Fsp3) is 0.333. The molecule has 2 atom stereocenters. The lowest BCUT2D eigenvalue weighted by Gasteiger charge is -2.29. The molecule has 1 aliphatic rings. The van der Waals surface area contributed by atoms with Crippen LogP contribution in [0.2, 0.25) is 0 Å². The largest absolute Gasteiger partial charge is 0.348 e. The maximum absolute atomic E-state index is 12.6. The van der Waals surface area contributed by atoms with Crippen molar-refractivity contribution in [3.63, 3.8) is 0 Å². The highest BCUT2D eigenvalue weighted by molar-refractivity contribution is 6.01. The number of hydrogen-bond acceptors (Lipinski definition) is 4. The van der Waals surface area contributed by atoms with Crippen LogP contribution in [0.4, 0.5) is 5.69 Å². The number of amides is 1. The molecular weight excluding hydrogens is 356 g/mol. The highest BCUT2D eigenvalue weighted by Gasteiger charge is 2.24. The predicted octanol–water partition coefficient (Wildman–Crippen LogP) is 3.99. The Hall–Kier alpha value is -3.40. The summed E-state index contributed by atoms with van der Waals surface area (Å²) in [6, 6.07) is 11.8. The van der Waals surface area contributed by atoms with Gasteiger partial charge in [0.15, 0.2) is 0 Å². The van der Waals surface area contributed by atoms with Crippen molar-refractivity contribution in [3.8, 4) is 11.8 Å². The zero-order valence-electron chi connectivity index (χ0n) is 15.7. The first-order chi connectivity index (χ1) is 13.5. The molecule has 144 valence electrons. The monoisotopic (exact) mass is 378 g/mol. The van der Waals surface area contributed by atoms with Crippen LogP contribution in [-0.4, -0.2) is 21.4 Å². The van der Waals surface area contributed by atoms with Crippen molar-refractivity contribution in [1.82, 2.24) is 9.88 Å². The summed E-state index contributed by atoms with van der Waals surface area (Å²) in [7, 11) is 0. The fourth-order valence-electron chi connectivity index (χ4n) is 3.56. The minimum atomic E-state index is -0.454. The molecule has 1 aromatic heterocycles. The van der Waals surface area contributed by atoms with Crippen molar-refractivity contribution in [2.75, 3.05) is 0 Å². The summed E-state index contributed by atoms with van der Waals surface area (Å²) in [5, 5.41) is 23.3. The normalized spacial score (nSPS) is 19.6. The van der Waals surface area contributed by atoms with Crippen molar-refractivity contribution in [2.24, 2.45) is 5.92 Å². The van der Waals surface area contributed by atoms with Gasteiger partial charge in [-0.1, -0.05) is 19.8 Å². The first kappa shape index (κ1) is 19.4. The number of nitriles is 1. The Labute approximate surface area is 163 Å². The minimum Gasteiger partial charge on any atom is -0.348 e. The number of benzene rings is 1. The number of aromatic nitrogens is 1. The van der Waals surface area contributed by atoms with Crippen LogP contribution in [0.5, 0.6) is 0 Å². The van der Waals surface area contributed by atoms with Crippen LogP contribution < -0.4 is 5.32 Å². The molecule has 2 aromatic rings. The molecule has 28 heavy (non-hydrogen) atoms.